The lowest BCUT2D eigenvalue weighted by molar-refractivity contribution is -0.155. The molecule has 5 atom stereocenters. The maximum atomic E-state index is 14.5. The number of amides is 2. The van der Waals surface area contributed by atoms with Crippen LogP contribution in [0, 0.1) is 17.3 Å². The molecule has 0 radical (unpaired) electrons. The molecule has 3 rings (SSSR count). The average Bonchev–Trinajstić information content (AvgIpc) is 3.44. The van der Waals surface area contributed by atoms with Gasteiger partial charge in [-0.1, -0.05) is 39.5 Å². The van der Waals surface area contributed by atoms with Crippen LogP contribution in [0.15, 0.2) is 25.3 Å². The molecule has 3 saturated heterocycles. The van der Waals surface area contributed by atoms with Gasteiger partial charge in [0.1, 0.15) is 18.2 Å². The Balaban J connectivity index is 2.01. The molecule has 0 aromatic rings. The Bertz CT molecular complexity index is 893. The number of hydrogen-bond donors (Lipinski definition) is 1. The molecule has 0 aliphatic carbocycles. The number of likely N-dealkylation sites (tertiary alicyclic amines) is 1. The minimum absolute atomic E-state index is 0.0260. The molecule has 2 amide bonds. The van der Waals surface area contributed by atoms with Crippen LogP contribution in [0.3, 0.4) is 0 Å². The zero-order valence-electron chi connectivity index (χ0n) is 23.3. The topological polar surface area (TPSA) is 96.4 Å². The highest BCUT2D eigenvalue weighted by Crippen LogP contribution is 2.59. The van der Waals surface area contributed by atoms with E-state index in [9.17, 15) is 19.5 Å². The molecule has 1 spiro atoms. The summed E-state index contributed by atoms with van der Waals surface area (Å²) in [4.78, 5) is 45.0. The summed E-state index contributed by atoms with van der Waals surface area (Å²) < 4.78 is 11.9. The summed E-state index contributed by atoms with van der Waals surface area (Å²) in [6.07, 6.45) is 6.72. The predicted molar refractivity (Wildman–Crippen MR) is 141 cm³/mol. The second-order valence-corrected chi connectivity index (χ2v) is 12.6. The summed E-state index contributed by atoms with van der Waals surface area (Å²) in [5, 5.41) is 9.22. The molecule has 0 aromatic carbocycles. The Labute approximate surface area is 222 Å². The normalized spacial score (nSPS) is 28.8. The molecule has 3 fully saturated rings. The van der Waals surface area contributed by atoms with Gasteiger partial charge in [-0.05, 0) is 57.8 Å². The van der Waals surface area contributed by atoms with E-state index in [-0.39, 0.29) is 30.4 Å². The Kier molecular flexibility index (Phi) is 8.95. The fraction of sp³-hybridized carbons (Fsp3) is 0.759. The number of ether oxygens (including phenoxy) is 2. The third kappa shape index (κ3) is 5.65. The minimum atomic E-state index is -1.05. The number of hydrogen-bond acceptors (Lipinski definition) is 6. The maximum Gasteiger partial charge on any atom is 0.312 e. The van der Waals surface area contributed by atoms with Gasteiger partial charge in [0, 0.05) is 25.2 Å². The molecule has 208 valence electrons. The second-order valence-electron chi connectivity index (χ2n) is 12.6. The van der Waals surface area contributed by atoms with Crippen molar-refractivity contribution in [2.24, 2.45) is 17.3 Å². The monoisotopic (exact) mass is 518 g/mol. The van der Waals surface area contributed by atoms with Crippen molar-refractivity contribution in [1.82, 2.24) is 9.80 Å². The lowest BCUT2D eigenvalue weighted by Crippen LogP contribution is -2.61. The number of rotatable bonds is 13. The number of aliphatic hydroxyl groups excluding tert-OH is 1. The summed E-state index contributed by atoms with van der Waals surface area (Å²) >= 11 is 0. The highest BCUT2D eigenvalue weighted by atomic mass is 16.6. The molecule has 3 heterocycles. The van der Waals surface area contributed by atoms with E-state index in [1.54, 1.807) is 11.0 Å². The number of unbranched alkanes of at least 4 members (excludes halogenated alkanes) is 2. The van der Waals surface area contributed by atoms with E-state index in [0.717, 1.165) is 12.8 Å². The van der Waals surface area contributed by atoms with E-state index in [1.807, 2.05) is 4.90 Å². The standard InChI is InChI=1S/C29H46N2O6/c1-8-15-31(28(6,7)19-27(3,4)5)25(34)23-29-14-13-20(37-29)21(26(35)36-18-9-2)22(29)24(33)30(23)16-11-10-12-17-32/h8-9,20-23,32H,1-2,10-19H2,3-7H3/t20-,21+,22-,23?,29?/m0/s1. The number of esters is 1. The van der Waals surface area contributed by atoms with Gasteiger partial charge >= 0.3 is 5.97 Å². The van der Waals surface area contributed by atoms with Crippen LogP contribution in [-0.4, -0.2) is 82.3 Å². The number of carbonyl (C=O) groups excluding carboxylic acids is 3. The lowest BCUT2D eigenvalue weighted by Gasteiger charge is -2.45. The fourth-order valence-corrected chi connectivity index (χ4v) is 7.05. The van der Waals surface area contributed by atoms with Crippen molar-refractivity contribution in [3.05, 3.63) is 25.3 Å². The van der Waals surface area contributed by atoms with Gasteiger partial charge in [-0.2, -0.15) is 0 Å². The van der Waals surface area contributed by atoms with Crippen LogP contribution in [-0.2, 0) is 23.9 Å². The third-order valence-electron chi connectivity index (χ3n) is 7.98. The van der Waals surface area contributed by atoms with Crippen LogP contribution in [0.25, 0.3) is 0 Å². The molecule has 2 unspecified atom stereocenters. The Hall–Kier alpha value is -2.19. The van der Waals surface area contributed by atoms with Crippen LogP contribution < -0.4 is 0 Å². The van der Waals surface area contributed by atoms with Crippen molar-refractivity contribution in [2.45, 2.75) is 96.4 Å². The summed E-state index contributed by atoms with van der Waals surface area (Å²) in [5.41, 5.74) is -1.57. The molecule has 2 bridgehead atoms. The smallest absolute Gasteiger partial charge is 0.312 e. The van der Waals surface area contributed by atoms with E-state index in [2.05, 4.69) is 47.8 Å². The quantitative estimate of drug-likeness (QED) is 0.228. The second kappa shape index (κ2) is 11.3. The first-order valence-electron chi connectivity index (χ1n) is 13.6. The van der Waals surface area contributed by atoms with E-state index >= 15 is 0 Å². The number of aliphatic hydroxyl groups is 1. The van der Waals surface area contributed by atoms with Crippen LogP contribution in [0.2, 0.25) is 0 Å². The molecule has 3 aliphatic rings. The SMILES string of the molecule is C=CCOC(=O)[C@@H]1[C@@H]2CCC3(O2)C(C(=O)N(CC=C)C(C)(C)CC(C)(C)C)N(CCCCCO)C(=O)[C@H]13. The van der Waals surface area contributed by atoms with Gasteiger partial charge in [0.05, 0.1) is 17.9 Å². The van der Waals surface area contributed by atoms with E-state index in [1.165, 1.54) is 6.08 Å². The van der Waals surface area contributed by atoms with Gasteiger partial charge in [-0.25, -0.2) is 0 Å². The van der Waals surface area contributed by atoms with Gasteiger partial charge in [0.25, 0.3) is 0 Å². The third-order valence-corrected chi connectivity index (χ3v) is 7.98. The van der Waals surface area contributed by atoms with Crippen molar-refractivity contribution in [2.75, 3.05) is 26.3 Å². The van der Waals surface area contributed by atoms with E-state index in [4.69, 9.17) is 9.47 Å². The van der Waals surface area contributed by atoms with Crippen molar-refractivity contribution >= 4 is 17.8 Å². The Morgan fingerprint density at radius 3 is 2.49 bits per heavy atom. The molecule has 8 heteroatoms. The van der Waals surface area contributed by atoms with Gasteiger partial charge in [0.15, 0.2) is 0 Å². The van der Waals surface area contributed by atoms with Gasteiger partial charge in [0.2, 0.25) is 11.8 Å². The molecule has 8 nitrogen and oxygen atoms in total. The number of carbonyl (C=O) groups is 3. The zero-order chi connectivity index (χ0) is 27.6. The first kappa shape index (κ1) is 29.4. The van der Waals surface area contributed by atoms with Crippen LogP contribution in [0.4, 0.5) is 0 Å². The average molecular weight is 519 g/mol. The van der Waals surface area contributed by atoms with Crippen molar-refractivity contribution in [3.63, 3.8) is 0 Å². The first-order valence-corrected chi connectivity index (χ1v) is 13.6. The Morgan fingerprint density at radius 1 is 1.19 bits per heavy atom. The number of nitrogens with zero attached hydrogens (tertiary/aromatic N) is 2. The van der Waals surface area contributed by atoms with E-state index in [0.29, 0.717) is 38.8 Å². The van der Waals surface area contributed by atoms with Gasteiger partial charge < -0.3 is 24.4 Å². The molecule has 0 saturated carbocycles. The van der Waals surface area contributed by atoms with Crippen molar-refractivity contribution < 1.29 is 29.0 Å². The highest BCUT2D eigenvalue weighted by Gasteiger charge is 2.75. The summed E-state index contributed by atoms with van der Waals surface area (Å²) in [5.74, 6) is -2.31. The molecule has 1 N–H and O–H groups in total. The molecular weight excluding hydrogens is 472 g/mol. The van der Waals surface area contributed by atoms with Crippen molar-refractivity contribution in [1.29, 1.82) is 0 Å². The summed E-state index contributed by atoms with van der Waals surface area (Å²) in [6.45, 7) is 18.9. The number of fused-ring (bicyclic) bond motifs is 1. The van der Waals surface area contributed by atoms with Gasteiger partial charge in [-0.15, -0.1) is 6.58 Å². The fourth-order valence-electron chi connectivity index (χ4n) is 7.05. The Morgan fingerprint density at radius 2 is 1.89 bits per heavy atom. The molecular formula is C29H46N2O6. The zero-order valence-corrected chi connectivity index (χ0v) is 23.3. The van der Waals surface area contributed by atoms with E-state index < -0.39 is 41.1 Å². The summed E-state index contributed by atoms with van der Waals surface area (Å²) in [6, 6.07) is -0.819. The molecule has 3 aliphatic heterocycles. The van der Waals surface area contributed by atoms with Crippen molar-refractivity contribution in [3.8, 4) is 0 Å². The summed E-state index contributed by atoms with van der Waals surface area (Å²) in [7, 11) is 0. The van der Waals surface area contributed by atoms with Crippen LogP contribution in [0.1, 0.15) is 73.1 Å². The molecule has 37 heavy (non-hydrogen) atoms. The highest BCUT2D eigenvalue weighted by molar-refractivity contribution is 5.98. The lowest BCUT2D eigenvalue weighted by atomic mass is 9.70. The minimum Gasteiger partial charge on any atom is -0.461 e. The largest absolute Gasteiger partial charge is 0.461 e. The van der Waals surface area contributed by atoms with Gasteiger partial charge in [-0.3, -0.25) is 14.4 Å². The first-order chi connectivity index (χ1) is 17.3. The predicted octanol–water partition coefficient (Wildman–Crippen LogP) is 3.48. The molecule has 0 aromatic heterocycles. The maximum absolute atomic E-state index is 14.5. The van der Waals surface area contributed by atoms with Crippen LogP contribution in [0.5, 0.6) is 0 Å². The van der Waals surface area contributed by atoms with Crippen LogP contribution >= 0.6 is 0 Å².